The normalized spacial score (nSPS) is 26.1. The van der Waals surface area contributed by atoms with Crippen LogP contribution in [0.3, 0.4) is 0 Å². The van der Waals surface area contributed by atoms with Crippen LogP contribution in [-0.4, -0.2) is 18.8 Å². The van der Waals surface area contributed by atoms with Crippen molar-refractivity contribution < 1.29 is 9.13 Å². The average Bonchev–Trinajstić information content (AvgIpc) is 2.70. The first-order chi connectivity index (χ1) is 8.08. The third kappa shape index (κ3) is 3.06. The Hall–Kier alpha value is -0.450. The summed E-state index contributed by atoms with van der Waals surface area (Å²) in [6, 6.07) is 5.14. The van der Waals surface area contributed by atoms with Gasteiger partial charge in [0.1, 0.15) is 5.82 Å². The van der Waals surface area contributed by atoms with Crippen LogP contribution in [0.15, 0.2) is 22.7 Å². The topological polar surface area (TPSA) is 35.2 Å². The largest absolute Gasteiger partial charge is 0.378 e. The molecular weight excluding hydrogens is 285 g/mol. The first-order valence-electron chi connectivity index (χ1n) is 5.89. The second kappa shape index (κ2) is 5.46. The molecule has 3 unspecified atom stereocenters. The lowest BCUT2D eigenvalue weighted by molar-refractivity contribution is 0.0995. The maximum absolute atomic E-state index is 13.1. The number of hydrogen-bond acceptors (Lipinski definition) is 2. The van der Waals surface area contributed by atoms with Crippen molar-refractivity contribution in [3.63, 3.8) is 0 Å². The van der Waals surface area contributed by atoms with Crippen LogP contribution in [0, 0.1) is 11.7 Å². The standard InChI is InChI=1S/C13H17BrFNO/c1-8-10(4-5-17-8)13(16)7-9-2-3-12(15)11(14)6-9/h2-3,6,8,10,13H,4-5,7,16H2,1H3. The van der Waals surface area contributed by atoms with E-state index in [4.69, 9.17) is 10.5 Å². The maximum Gasteiger partial charge on any atom is 0.137 e. The summed E-state index contributed by atoms with van der Waals surface area (Å²) in [7, 11) is 0. The fourth-order valence-corrected chi connectivity index (χ4v) is 2.83. The molecule has 1 fully saturated rings. The van der Waals surface area contributed by atoms with E-state index < -0.39 is 0 Å². The van der Waals surface area contributed by atoms with E-state index >= 15 is 0 Å². The van der Waals surface area contributed by atoms with E-state index in [0.717, 1.165) is 25.0 Å². The maximum atomic E-state index is 13.1. The molecule has 0 aliphatic carbocycles. The summed E-state index contributed by atoms with van der Waals surface area (Å²) in [6.07, 6.45) is 2.01. The highest BCUT2D eigenvalue weighted by atomic mass is 79.9. The van der Waals surface area contributed by atoms with E-state index in [-0.39, 0.29) is 18.0 Å². The molecule has 0 radical (unpaired) electrons. The Morgan fingerprint density at radius 1 is 1.59 bits per heavy atom. The van der Waals surface area contributed by atoms with Crippen molar-refractivity contribution in [3.05, 3.63) is 34.1 Å². The number of rotatable bonds is 3. The summed E-state index contributed by atoms with van der Waals surface area (Å²) >= 11 is 3.19. The predicted molar refractivity (Wildman–Crippen MR) is 69.3 cm³/mol. The van der Waals surface area contributed by atoms with Crippen molar-refractivity contribution in [1.82, 2.24) is 0 Å². The number of halogens is 2. The van der Waals surface area contributed by atoms with Crippen LogP contribution >= 0.6 is 15.9 Å². The van der Waals surface area contributed by atoms with Crippen molar-refractivity contribution >= 4 is 15.9 Å². The van der Waals surface area contributed by atoms with Crippen molar-refractivity contribution in [2.75, 3.05) is 6.61 Å². The molecule has 0 saturated carbocycles. The molecule has 94 valence electrons. The van der Waals surface area contributed by atoms with Gasteiger partial charge in [0.25, 0.3) is 0 Å². The van der Waals surface area contributed by atoms with E-state index in [1.165, 1.54) is 6.07 Å². The highest BCUT2D eigenvalue weighted by Gasteiger charge is 2.29. The summed E-state index contributed by atoms with van der Waals surface area (Å²) in [5.74, 6) is 0.165. The van der Waals surface area contributed by atoms with Gasteiger partial charge in [-0.1, -0.05) is 6.07 Å². The van der Waals surface area contributed by atoms with Crippen LogP contribution in [0.1, 0.15) is 18.9 Å². The fraction of sp³-hybridized carbons (Fsp3) is 0.538. The second-order valence-corrected chi connectivity index (χ2v) is 5.50. The van der Waals surface area contributed by atoms with Crippen LogP contribution in [0.25, 0.3) is 0 Å². The molecule has 2 rings (SSSR count). The van der Waals surface area contributed by atoms with Gasteiger partial charge >= 0.3 is 0 Å². The zero-order valence-corrected chi connectivity index (χ0v) is 11.4. The molecule has 1 aromatic carbocycles. The van der Waals surface area contributed by atoms with Gasteiger partial charge in [-0.05, 0) is 53.4 Å². The summed E-state index contributed by atoms with van der Waals surface area (Å²) in [5, 5.41) is 0. The number of nitrogens with two attached hydrogens (primary N) is 1. The Kier molecular flexibility index (Phi) is 4.17. The van der Waals surface area contributed by atoms with Crippen molar-refractivity contribution in [1.29, 1.82) is 0 Å². The van der Waals surface area contributed by atoms with Crippen molar-refractivity contribution in [3.8, 4) is 0 Å². The fourth-order valence-electron chi connectivity index (χ4n) is 2.40. The molecule has 2 N–H and O–H groups in total. The Morgan fingerprint density at radius 2 is 2.35 bits per heavy atom. The molecule has 0 bridgehead atoms. The van der Waals surface area contributed by atoms with Crippen molar-refractivity contribution in [2.24, 2.45) is 11.7 Å². The van der Waals surface area contributed by atoms with Gasteiger partial charge in [0.15, 0.2) is 0 Å². The minimum absolute atomic E-state index is 0.0739. The molecule has 0 aromatic heterocycles. The summed E-state index contributed by atoms with van der Waals surface area (Å²) in [6.45, 7) is 2.87. The third-order valence-electron chi connectivity index (χ3n) is 3.44. The van der Waals surface area contributed by atoms with E-state index in [1.807, 2.05) is 0 Å². The monoisotopic (exact) mass is 301 g/mol. The van der Waals surface area contributed by atoms with Gasteiger partial charge in [-0.15, -0.1) is 0 Å². The molecule has 0 spiro atoms. The zero-order valence-electron chi connectivity index (χ0n) is 9.83. The SMILES string of the molecule is CC1OCCC1C(N)Cc1ccc(F)c(Br)c1. The van der Waals surface area contributed by atoms with Crippen LogP contribution in [-0.2, 0) is 11.2 Å². The van der Waals surface area contributed by atoms with E-state index in [0.29, 0.717) is 10.4 Å². The Morgan fingerprint density at radius 3 is 2.94 bits per heavy atom. The molecule has 17 heavy (non-hydrogen) atoms. The molecular formula is C13H17BrFNO. The molecule has 0 amide bonds. The minimum atomic E-state index is -0.236. The quantitative estimate of drug-likeness (QED) is 0.932. The zero-order chi connectivity index (χ0) is 12.4. The average molecular weight is 302 g/mol. The molecule has 1 aromatic rings. The van der Waals surface area contributed by atoms with Gasteiger partial charge in [0, 0.05) is 18.6 Å². The lowest BCUT2D eigenvalue weighted by Crippen LogP contribution is -2.36. The Bertz CT molecular complexity index is 399. The molecule has 4 heteroatoms. The molecule has 3 atom stereocenters. The first kappa shape index (κ1) is 13.0. The van der Waals surface area contributed by atoms with Gasteiger partial charge < -0.3 is 10.5 Å². The van der Waals surface area contributed by atoms with Crippen LogP contribution < -0.4 is 5.73 Å². The van der Waals surface area contributed by atoms with Crippen molar-refractivity contribution in [2.45, 2.75) is 31.9 Å². The van der Waals surface area contributed by atoms with Crippen LogP contribution in [0.5, 0.6) is 0 Å². The van der Waals surface area contributed by atoms with Gasteiger partial charge in [-0.3, -0.25) is 0 Å². The lowest BCUT2D eigenvalue weighted by atomic mass is 9.90. The number of ether oxygens (including phenoxy) is 1. The van der Waals surface area contributed by atoms with Crippen LogP contribution in [0.4, 0.5) is 4.39 Å². The van der Waals surface area contributed by atoms with Crippen LogP contribution in [0.2, 0.25) is 0 Å². The van der Waals surface area contributed by atoms with E-state index in [9.17, 15) is 4.39 Å². The third-order valence-corrected chi connectivity index (χ3v) is 4.05. The molecule has 1 heterocycles. The van der Waals surface area contributed by atoms with E-state index in [1.54, 1.807) is 12.1 Å². The number of hydrogen-bond donors (Lipinski definition) is 1. The Balaban J connectivity index is 2.02. The molecule has 1 aliphatic heterocycles. The highest BCUT2D eigenvalue weighted by Crippen LogP contribution is 2.25. The Labute approximate surface area is 109 Å². The predicted octanol–water partition coefficient (Wildman–Crippen LogP) is 2.88. The second-order valence-electron chi connectivity index (χ2n) is 4.64. The highest BCUT2D eigenvalue weighted by molar-refractivity contribution is 9.10. The summed E-state index contributed by atoms with van der Waals surface area (Å²) < 4.78 is 19.1. The molecule has 1 saturated heterocycles. The summed E-state index contributed by atoms with van der Waals surface area (Å²) in [4.78, 5) is 0. The van der Waals surface area contributed by atoms with E-state index in [2.05, 4.69) is 22.9 Å². The van der Waals surface area contributed by atoms with Gasteiger partial charge in [-0.2, -0.15) is 0 Å². The number of benzene rings is 1. The minimum Gasteiger partial charge on any atom is -0.378 e. The lowest BCUT2D eigenvalue weighted by Gasteiger charge is -2.22. The van der Waals surface area contributed by atoms with Gasteiger partial charge in [-0.25, -0.2) is 4.39 Å². The molecule has 2 nitrogen and oxygen atoms in total. The first-order valence-corrected chi connectivity index (χ1v) is 6.68. The smallest absolute Gasteiger partial charge is 0.137 e. The van der Waals surface area contributed by atoms with Gasteiger partial charge in [0.05, 0.1) is 10.6 Å². The van der Waals surface area contributed by atoms with Gasteiger partial charge in [0.2, 0.25) is 0 Å². The summed E-state index contributed by atoms with van der Waals surface area (Å²) in [5.41, 5.74) is 7.26. The molecule has 1 aliphatic rings.